The van der Waals surface area contributed by atoms with Gasteiger partial charge < -0.3 is 15.2 Å². The van der Waals surface area contributed by atoms with Crippen LogP contribution in [-0.2, 0) is 4.79 Å². The van der Waals surface area contributed by atoms with Gasteiger partial charge in [-0.2, -0.15) is 8.78 Å². The molecule has 0 saturated carbocycles. The number of ether oxygens (including phenoxy) is 1. The van der Waals surface area contributed by atoms with Crippen LogP contribution in [0.2, 0.25) is 0 Å². The first-order chi connectivity index (χ1) is 11.5. The summed E-state index contributed by atoms with van der Waals surface area (Å²) in [5, 5.41) is 11.4. The minimum atomic E-state index is -4.32. The van der Waals surface area contributed by atoms with E-state index in [-0.39, 0.29) is 23.8 Å². The molecule has 0 spiro atoms. The minimum Gasteiger partial charge on any atom is -0.480 e. The van der Waals surface area contributed by atoms with Gasteiger partial charge in [0.1, 0.15) is 6.04 Å². The number of carbonyl (C=O) groups excluding carboxylic acids is 1. The number of nitrogens with one attached hydrogen (secondary N) is 1. The number of alkyl halides is 4. The molecule has 1 rings (SSSR count). The molecule has 0 saturated heterocycles. The summed E-state index contributed by atoms with van der Waals surface area (Å²) in [6.07, 6.45) is -2.68. The zero-order valence-electron chi connectivity index (χ0n) is 13.5. The maximum Gasteiger partial charge on any atom is 0.340 e. The van der Waals surface area contributed by atoms with Crippen molar-refractivity contribution in [2.45, 2.75) is 38.7 Å². The molecule has 0 radical (unpaired) electrons. The normalized spacial score (nSPS) is 13.0. The summed E-state index contributed by atoms with van der Waals surface area (Å²) >= 11 is 0. The van der Waals surface area contributed by atoms with Gasteiger partial charge in [0.05, 0.1) is 5.56 Å². The SMILES string of the molecule is CC(C)C[C@H](NC(=O)c1ccc(OCC(F)(F)C(F)F)nc1)C(=O)O. The summed E-state index contributed by atoms with van der Waals surface area (Å²) in [5.74, 6) is -6.56. The molecule has 0 unspecified atom stereocenters. The van der Waals surface area contributed by atoms with Crippen LogP contribution in [0.1, 0.15) is 30.6 Å². The van der Waals surface area contributed by atoms with Gasteiger partial charge in [-0.25, -0.2) is 18.6 Å². The van der Waals surface area contributed by atoms with Crippen LogP contribution in [0.25, 0.3) is 0 Å². The lowest BCUT2D eigenvalue weighted by atomic mass is 10.0. The summed E-state index contributed by atoms with van der Waals surface area (Å²) in [6.45, 7) is 2.04. The number of hydrogen-bond donors (Lipinski definition) is 2. The van der Waals surface area contributed by atoms with Gasteiger partial charge in [-0.1, -0.05) is 13.8 Å². The average molecular weight is 366 g/mol. The van der Waals surface area contributed by atoms with Gasteiger partial charge in [-0.05, 0) is 18.4 Å². The lowest BCUT2D eigenvalue weighted by Gasteiger charge is -2.17. The minimum absolute atomic E-state index is 0.0250. The molecule has 1 heterocycles. The zero-order valence-corrected chi connectivity index (χ0v) is 13.5. The fourth-order valence-electron chi connectivity index (χ4n) is 1.77. The van der Waals surface area contributed by atoms with E-state index in [9.17, 15) is 27.2 Å². The number of hydrogen-bond acceptors (Lipinski definition) is 4. The molecule has 140 valence electrons. The fourth-order valence-corrected chi connectivity index (χ4v) is 1.77. The maximum absolute atomic E-state index is 12.7. The predicted molar refractivity (Wildman–Crippen MR) is 79.0 cm³/mol. The Labute approximate surface area is 141 Å². The largest absolute Gasteiger partial charge is 0.480 e. The highest BCUT2D eigenvalue weighted by molar-refractivity contribution is 5.96. The van der Waals surface area contributed by atoms with Crippen LogP contribution in [0.3, 0.4) is 0 Å². The summed E-state index contributed by atoms with van der Waals surface area (Å²) < 4.78 is 54.0. The van der Waals surface area contributed by atoms with E-state index in [4.69, 9.17) is 5.11 Å². The number of aliphatic carboxylic acids is 1. The van der Waals surface area contributed by atoms with Crippen LogP contribution in [0.15, 0.2) is 18.3 Å². The van der Waals surface area contributed by atoms with Gasteiger partial charge in [0.15, 0.2) is 6.61 Å². The molecule has 1 aromatic rings. The van der Waals surface area contributed by atoms with E-state index < -0.39 is 36.9 Å². The number of pyridine rings is 1. The molecule has 0 bridgehead atoms. The number of carbonyl (C=O) groups is 2. The number of aromatic nitrogens is 1. The second kappa shape index (κ2) is 8.63. The Morgan fingerprint density at radius 2 is 1.96 bits per heavy atom. The second-order valence-electron chi connectivity index (χ2n) is 5.73. The number of nitrogens with zero attached hydrogens (tertiary/aromatic N) is 1. The second-order valence-corrected chi connectivity index (χ2v) is 5.73. The van der Waals surface area contributed by atoms with E-state index in [1.807, 2.05) is 0 Å². The molecule has 0 aliphatic carbocycles. The van der Waals surface area contributed by atoms with Gasteiger partial charge in [-0.15, -0.1) is 0 Å². The third-order valence-corrected chi connectivity index (χ3v) is 3.04. The molecule has 6 nitrogen and oxygen atoms in total. The Morgan fingerprint density at radius 1 is 1.32 bits per heavy atom. The summed E-state index contributed by atoms with van der Waals surface area (Å²) in [6, 6.07) is 1.12. The van der Waals surface area contributed by atoms with Gasteiger partial charge in [0.2, 0.25) is 5.88 Å². The molecule has 0 aliphatic heterocycles. The molecular weight excluding hydrogens is 348 g/mol. The summed E-state index contributed by atoms with van der Waals surface area (Å²) in [4.78, 5) is 26.7. The Kier molecular flexibility index (Phi) is 7.13. The average Bonchev–Trinajstić information content (AvgIpc) is 2.52. The van der Waals surface area contributed by atoms with Crippen LogP contribution in [0.4, 0.5) is 17.6 Å². The van der Waals surface area contributed by atoms with Crippen LogP contribution in [0.5, 0.6) is 5.88 Å². The van der Waals surface area contributed by atoms with E-state index in [1.165, 1.54) is 0 Å². The lowest BCUT2D eigenvalue weighted by Crippen LogP contribution is -2.41. The molecule has 10 heteroatoms. The third-order valence-electron chi connectivity index (χ3n) is 3.04. The quantitative estimate of drug-likeness (QED) is 0.656. The standard InChI is InChI=1S/C15H18F4N2O4/c1-8(2)5-10(13(23)24)21-12(22)9-3-4-11(20-6-9)25-7-15(18,19)14(16)17/h3-4,6,8,10,14H,5,7H2,1-2H3,(H,21,22)(H,23,24)/t10-/m0/s1. The Hall–Kier alpha value is -2.39. The monoisotopic (exact) mass is 366 g/mol. The van der Waals surface area contributed by atoms with Crippen molar-refractivity contribution in [3.05, 3.63) is 23.9 Å². The van der Waals surface area contributed by atoms with Crippen molar-refractivity contribution in [2.75, 3.05) is 6.61 Å². The Morgan fingerprint density at radius 3 is 2.40 bits per heavy atom. The van der Waals surface area contributed by atoms with E-state index in [2.05, 4.69) is 15.0 Å². The van der Waals surface area contributed by atoms with Gasteiger partial charge in [0.25, 0.3) is 5.91 Å². The first-order valence-corrected chi connectivity index (χ1v) is 7.31. The topological polar surface area (TPSA) is 88.5 Å². The van der Waals surface area contributed by atoms with Crippen molar-refractivity contribution in [3.63, 3.8) is 0 Å². The lowest BCUT2D eigenvalue weighted by molar-refractivity contribution is -0.148. The van der Waals surface area contributed by atoms with Crippen molar-refractivity contribution in [2.24, 2.45) is 5.92 Å². The number of amides is 1. The molecule has 0 aromatic carbocycles. The predicted octanol–water partition coefficient (Wildman–Crippen LogP) is 2.59. The smallest absolute Gasteiger partial charge is 0.340 e. The van der Waals surface area contributed by atoms with Crippen LogP contribution >= 0.6 is 0 Å². The molecule has 1 amide bonds. The number of carboxylic acids is 1. The fraction of sp³-hybridized carbons (Fsp3) is 0.533. The van der Waals surface area contributed by atoms with E-state index >= 15 is 0 Å². The highest BCUT2D eigenvalue weighted by Gasteiger charge is 2.41. The van der Waals surface area contributed by atoms with Crippen LogP contribution in [0, 0.1) is 5.92 Å². The van der Waals surface area contributed by atoms with Crippen molar-refractivity contribution < 1.29 is 37.0 Å². The van der Waals surface area contributed by atoms with E-state index in [0.29, 0.717) is 0 Å². The summed E-state index contributed by atoms with van der Waals surface area (Å²) in [7, 11) is 0. The molecular formula is C15H18F4N2O4. The zero-order chi connectivity index (χ0) is 19.2. The molecule has 2 N–H and O–H groups in total. The van der Waals surface area contributed by atoms with E-state index in [1.54, 1.807) is 13.8 Å². The van der Waals surface area contributed by atoms with E-state index in [0.717, 1.165) is 18.3 Å². The molecule has 0 aliphatic rings. The highest BCUT2D eigenvalue weighted by Crippen LogP contribution is 2.23. The van der Waals surface area contributed by atoms with Gasteiger partial charge in [0, 0.05) is 12.3 Å². The van der Waals surface area contributed by atoms with Gasteiger partial charge >= 0.3 is 18.3 Å². The van der Waals surface area contributed by atoms with Gasteiger partial charge in [-0.3, -0.25) is 4.79 Å². The highest BCUT2D eigenvalue weighted by atomic mass is 19.3. The molecule has 1 atom stereocenters. The first-order valence-electron chi connectivity index (χ1n) is 7.31. The Bertz CT molecular complexity index is 594. The first kappa shape index (κ1) is 20.7. The summed E-state index contributed by atoms with van der Waals surface area (Å²) in [5.41, 5.74) is -0.0250. The van der Waals surface area contributed by atoms with Crippen LogP contribution < -0.4 is 10.1 Å². The maximum atomic E-state index is 12.7. The number of carboxylic acid groups (broad SMARTS) is 1. The molecule has 0 fully saturated rings. The third kappa shape index (κ3) is 6.55. The van der Waals surface area contributed by atoms with Crippen molar-refractivity contribution in [3.8, 4) is 5.88 Å². The number of halogens is 4. The Balaban J connectivity index is 2.69. The van der Waals surface area contributed by atoms with Crippen molar-refractivity contribution in [1.29, 1.82) is 0 Å². The molecule has 1 aromatic heterocycles. The van der Waals surface area contributed by atoms with Crippen LogP contribution in [-0.4, -0.2) is 47.0 Å². The number of rotatable bonds is 9. The molecule has 25 heavy (non-hydrogen) atoms. The van der Waals surface area contributed by atoms with Crippen molar-refractivity contribution in [1.82, 2.24) is 10.3 Å². The van der Waals surface area contributed by atoms with Crippen molar-refractivity contribution >= 4 is 11.9 Å².